The first-order valence-corrected chi connectivity index (χ1v) is 25.5. The molecule has 0 aromatic heterocycles. The predicted molar refractivity (Wildman–Crippen MR) is 245 cm³/mol. The van der Waals surface area contributed by atoms with E-state index in [0.717, 1.165) is 32.5 Å². The first-order chi connectivity index (χ1) is 29.3. The van der Waals surface area contributed by atoms with Gasteiger partial charge in [0.25, 0.3) is 42.2 Å². The highest BCUT2D eigenvalue weighted by Gasteiger charge is 2.43. The van der Waals surface area contributed by atoms with Crippen LogP contribution >= 0.6 is 0 Å². The van der Waals surface area contributed by atoms with Gasteiger partial charge in [-0.3, -0.25) is 32.9 Å². The Bertz CT molecular complexity index is 2670. The summed E-state index contributed by atoms with van der Waals surface area (Å²) < 4.78 is 100. The Morgan fingerprint density at radius 2 is 1.43 bits per heavy atom. The number of Topliss-reactive ketones (excluding diaryl/α,β-unsaturated/α-hetero) is 1. The molecule has 18 heteroatoms. The molecule has 3 aromatic carbocycles. The Labute approximate surface area is 370 Å². The van der Waals surface area contributed by atoms with Crippen LogP contribution < -0.4 is 9.80 Å². The van der Waals surface area contributed by atoms with Gasteiger partial charge in [-0.25, -0.2) is 0 Å². The van der Waals surface area contributed by atoms with Crippen LogP contribution in [0.2, 0.25) is 0 Å². The third kappa shape index (κ3) is 12.7. The summed E-state index contributed by atoms with van der Waals surface area (Å²) in [6, 6.07) is 14.5. The molecule has 342 valence electrons. The Morgan fingerprint density at radius 1 is 0.794 bits per heavy atom. The molecule has 0 radical (unpaired) electrons. The van der Waals surface area contributed by atoms with Crippen molar-refractivity contribution in [2.24, 2.45) is 0 Å². The topological polar surface area (TPSA) is 224 Å². The summed E-state index contributed by atoms with van der Waals surface area (Å²) in [6.45, 7) is 11.5. The van der Waals surface area contributed by atoms with Crippen LogP contribution in [0.3, 0.4) is 0 Å². The van der Waals surface area contributed by atoms with E-state index in [2.05, 4.69) is 39.0 Å². The van der Waals surface area contributed by atoms with Crippen molar-refractivity contribution < 1.29 is 53.3 Å². The highest BCUT2D eigenvalue weighted by Crippen LogP contribution is 2.51. The number of carbonyl (C=O) groups excluding carboxylic acids is 3. The van der Waals surface area contributed by atoms with Gasteiger partial charge in [-0.2, -0.15) is 25.3 Å². The molecule has 0 bridgehead atoms. The summed E-state index contributed by atoms with van der Waals surface area (Å²) in [4.78, 5) is 41.6. The van der Waals surface area contributed by atoms with Crippen molar-refractivity contribution in [3.63, 3.8) is 0 Å². The smallest absolute Gasteiger partial charge is 0.294 e. The number of rotatable bonds is 21. The largest absolute Gasteiger partial charge is 0.372 e. The van der Waals surface area contributed by atoms with E-state index in [1.165, 1.54) is 24.3 Å². The van der Waals surface area contributed by atoms with Gasteiger partial charge in [-0.1, -0.05) is 45.1 Å². The number of benzene rings is 3. The van der Waals surface area contributed by atoms with E-state index in [4.69, 9.17) is 0 Å². The second kappa shape index (κ2) is 19.6. The Hall–Kier alpha value is -4.72. The molecule has 3 aromatic rings. The van der Waals surface area contributed by atoms with Crippen molar-refractivity contribution in [1.82, 2.24) is 4.90 Å². The molecule has 1 atom stereocenters. The molecule has 2 heterocycles. The first-order valence-electron chi connectivity index (χ1n) is 20.9. The van der Waals surface area contributed by atoms with Crippen molar-refractivity contribution in [3.05, 3.63) is 95.2 Å². The number of imide groups is 1. The fraction of sp³-hybridized carbons (Fsp3) is 0.444. The van der Waals surface area contributed by atoms with Gasteiger partial charge >= 0.3 is 0 Å². The Kier molecular flexibility index (Phi) is 15.3. The van der Waals surface area contributed by atoms with Gasteiger partial charge in [0.05, 0.1) is 16.4 Å². The summed E-state index contributed by atoms with van der Waals surface area (Å²) in [5.74, 6) is -1.79. The number of carbonyl (C=O) groups is 3. The third-order valence-corrected chi connectivity index (χ3v) is 14.0. The summed E-state index contributed by atoms with van der Waals surface area (Å²) >= 11 is 0. The lowest BCUT2D eigenvalue weighted by Crippen LogP contribution is -2.31. The van der Waals surface area contributed by atoms with E-state index >= 15 is 0 Å². The summed E-state index contributed by atoms with van der Waals surface area (Å²) in [7, 11) is -13.0. The number of ketones is 1. The van der Waals surface area contributed by atoms with Crippen molar-refractivity contribution in [3.8, 4) is 0 Å². The lowest BCUT2D eigenvalue weighted by atomic mass is 9.77. The molecule has 15 nitrogen and oxygen atoms in total. The molecule has 2 amide bonds. The van der Waals surface area contributed by atoms with E-state index in [0.29, 0.717) is 49.3 Å². The molecule has 0 saturated heterocycles. The number of nitrogens with zero attached hydrogens (tertiary/aromatic N) is 3. The molecule has 0 fully saturated rings. The van der Waals surface area contributed by atoms with Crippen LogP contribution in [-0.2, 0) is 55.6 Å². The van der Waals surface area contributed by atoms with Crippen molar-refractivity contribution in [1.29, 1.82) is 0 Å². The highest BCUT2D eigenvalue weighted by atomic mass is 32.2. The van der Waals surface area contributed by atoms with E-state index in [1.54, 1.807) is 6.07 Å². The van der Waals surface area contributed by atoms with E-state index in [-0.39, 0.29) is 60.6 Å². The van der Waals surface area contributed by atoms with Gasteiger partial charge in [0, 0.05) is 73.7 Å². The maximum atomic E-state index is 13.1. The maximum Gasteiger partial charge on any atom is 0.294 e. The number of anilines is 2. The van der Waals surface area contributed by atoms with E-state index in [1.807, 2.05) is 54.0 Å². The first kappa shape index (κ1) is 49.3. The number of fused-ring (bicyclic) bond motifs is 2. The standard InChI is InChI=1S/C45H57N3O12S3/c1-6-46(23-10-26-61(52,53)54)34-16-18-37-33(30-34)28-32(29-38(37)44(2,3)4)12-7-15-41-45(5,22-8-13-35(49)14-9-24-48-42(50)20-21-43(48)51)39-31-36(63(58,59)60)17-19-40(39)47(41)25-11-27-62(55,56)57/h7,12,15-21,28-31H,6,8-11,13-14,22-27H2,1-5H3,(H,52,53,54)(H,55,56,57)(H,58,59,60)/b12-7+,41-15-. The molecule has 0 saturated carbocycles. The molecule has 0 spiro atoms. The lowest BCUT2D eigenvalue weighted by Gasteiger charge is -2.30. The van der Waals surface area contributed by atoms with Crippen molar-refractivity contribution >= 4 is 76.2 Å². The van der Waals surface area contributed by atoms with Crippen LogP contribution in [0.1, 0.15) is 96.3 Å². The molecule has 63 heavy (non-hydrogen) atoms. The van der Waals surface area contributed by atoms with Gasteiger partial charge in [0.1, 0.15) is 5.78 Å². The summed E-state index contributed by atoms with van der Waals surface area (Å²) in [6.07, 6.45) is 9.59. The van der Waals surface area contributed by atoms with Gasteiger partial charge in [0.2, 0.25) is 0 Å². The van der Waals surface area contributed by atoms with Gasteiger partial charge in [-0.05, 0) is 121 Å². The minimum Gasteiger partial charge on any atom is -0.372 e. The second-order valence-electron chi connectivity index (χ2n) is 17.3. The highest BCUT2D eigenvalue weighted by molar-refractivity contribution is 7.86. The van der Waals surface area contributed by atoms with Crippen LogP contribution in [-0.4, -0.2) is 99.1 Å². The molecule has 5 rings (SSSR count). The normalized spacial score (nSPS) is 17.8. The molecular weight excluding hydrogens is 871 g/mol. The quantitative estimate of drug-likeness (QED) is 0.0732. The predicted octanol–water partition coefficient (Wildman–Crippen LogP) is 6.89. The summed E-state index contributed by atoms with van der Waals surface area (Å²) in [5.41, 5.74) is 3.40. The number of hydrogen-bond acceptors (Lipinski definition) is 11. The van der Waals surface area contributed by atoms with Crippen LogP contribution in [0.15, 0.2) is 83.4 Å². The van der Waals surface area contributed by atoms with E-state index in [9.17, 15) is 53.3 Å². The van der Waals surface area contributed by atoms with Crippen molar-refractivity contribution in [2.75, 3.05) is 47.5 Å². The second-order valence-corrected chi connectivity index (χ2v) is 21.9. The Morgan fingerprint density at radius 3 is 2.05 bits per heavy atom. The van der Waals surface area contributed by atoms with Crippen LogP contribution in [0.5, 0.6) is 0 Å². The average Bonchev–Trinajstić information content (AvgIpc) is 3.61. The number of hydrogen-bond donors (Lipinski definition) is 3. The molecule has 0 aliphatic carbocycles. The van der Waals surface area contributed by atoms with Crippen LogP contribution in [0.25, 0.3) is 16.8 Å². The average molecular weight is 928 g/mol. The van der Waals surface area contributed by atoms with Gasteiger partial charge in [-0.15, -0.1) is 0 Å². The fourth-order valence-corrected chi connectivity index (χ4v) is 9.90. The molecule has 1 unspecified atom stereocenters. The molecule has 2 aliphatic rings. The zero-order valence-corrected chi connectivity index (χ0v) is 38.7. The Balaban J connectivity index is 1.51. The molecular formula is C45H57N3O12S3. The zero-order chi connectivity index (χ0) is 46.5. The van der Waals surface area contributed by atoms with E-state index < -0.39 is 53.3 Å². The lowest BCUT2D eigenvalue weighted by molar-refractivity contribution is -0.137. The van der Waals surface area contributed by atoms with Crippen molar-refractivity contribution in [2.45, 2.75) is 95.3 Å². The third-order valence-electron chi connectivity index (χ3n) is 11.5. The zero-order valence-electron chi connectivity index (χ0n) is 36.3. The molecule has 2 aliphatic heterocycles. The number of amides is 2. The van der Waals surface area contributed by atoms with Crippen LogP contribution in [0, 0.1) is 0 Å². The maximum absolute atomic E-state index is 13.1. The van der Waals surface area contributed by atoms with Gasteiger partial charge < -0.3 is 9.80 Å². The summed E-state index contributed by atoms with van der Waals surface area (Å²) in [5, 5.41) is 1.99. The SMILES string of the molecule is CCN(CCCS(=O)(=O)O)c1ccc2c(C(C)(C)C)cc(/C=C/C=C3\N(CCCS(=O)(=O)O)c4ccc(S(=O)(=O)O)cc4C3(C)CCCC(=O)CCCN3C(=O)C=CC3=O)cc2c1. The van der Waals surface area contributed by atoms with Crippen LogP contribution in [0.4, 0.5) is 11.4 Å². The number of allylic oxidation sites excluding steroid dienone is 3. The fourth-order valence-electron chi connectivity index (χ4n) is 8.40. The van der Waals surface area contributed by atoms with Gasteiger partial charge in [0.15, 0.2) is 0 Å². The molecule has 3 N–H and O–H groups in total. The monoisotopic (exact) mass is 927 g/mol. The minimum atomic E-state index is -4.63. The minimum absolute atomic E-state index is 0.0258.